The Balaban J connectivity index is 3.56. The summed E-state index contributed by atoms with van der Waals surface area (Å²) >= 11 is 0. The van der Waals surface area contributed by atoms with Crippen LogP contribution in [0, 0.1) is 0 Å². The molecule has 0 saturated carbocycles. The van der Waals surface area contributed by atoms with Crippen molar-refractivity contribution in [3.63, 3.8) is 0 Å². The van der Waals surface area contributed by atoms with E-state index in [1.165, 1.54) is 0 Å². The molecular formula is C11H6F6NO2-. The Morgan fingerprint density at radius 1 is 1.10 bits per heavy atom. The van der Waals surface area contributed by atoms with Gasteiger partial charge in [-0.3, -0.25) is 0 Å². The molecule has 3 nitrogen and oxygen atoms in total. The van der Waals surface area contributed by atoms with Crippen LogP contribution in [0.15, 0.2) is 18.2 Å². The summed E-state index contributed by atoms with van der Waals surface area (Å²) in [6.45, 7) is 0. The molecule has 0 bridgehead atoms. The highest BCUT2D eigenvalue weighted by Gasteiger charge is 2.38. The minimum atomic E-state index is -5.12. The Morgan fingerprint density at radius 2 is 1.65 bits per heavy atom. The molecule has 0 spiro atoms. The van der Waals surface area contributed by atoms with Gasteiger partial charge < -0.3 is 15.6 Å². The molecule has 0 aromatic heterocycles. The quantitative estimate of drug-likeness (QED) is 0.516. The fraction of sp³-hybridized carbons (Fsp3) is 0.182. The summed E-state index contributed by atoms with van der Waals surface area (Å²) < 4.78 is 75.4. The second kappa shape index (κ2) is 5.06. The van der Waals surface area contributed by atoms with Crippen LogP contribution in [0.2, 0.25) is 0 Å². The van der Waals surface area contributed by atoms with E-state index in [0.717, 1.165) is 0 Å². The average molecular weight is 298 g/mol. The number of nitrogen functional groups attached to an aromatic ring is 1. The highest BCUT2D eigenvalue weighted by molar-refractivity contribution is 5.86. The monoisotopic (exact) mass is 298 g/mol. The van der Waals surface area contributed by atoms with Gasteiger partial charge in [-0.05, 0) is 18.2 Å². The van der Waals surface area contributed by atoms with Crippen LogP contribution in [-0.4, -0.2) is 5.97 Å². The molecule has 110 valence electrons. The van der Waals surface area contributed by atoms with Crippen LogP contribution in [0.25, 0.3) is 6.08 Å². The van der Waals surface area contributed by atoms with E-state index < -0.39 is 40.7 Å². The maximum absolute atomic E-state index is 12.7. The second-order valence-electron chi connectivity index (χ2n) is 3.67. The van der Waals surface area contributed by atoms with Gasteiger partial charge in [0, 0.05) is 11.3 Å². The number of alkyl halides is 6. The minimum absolute atomic E-state index is 0.134. The summed E-state index contributed by atoms with van der Waals surface area (Å²) in [6.07, 6.45) is -9.45. The first-order valence-electron chi connectivity index (χ1n) is 4.90. The van der Waals surface area contributed by atoms with Crippen LogP contribution in [0.1, 0.15) is 16.7 Å². The molecule has 0 amide bonds. The van der Waals surface area contributed by atoms with Crippen LogP contribution >= 0.6 is 0 Å². The summed E-state index contributed by atoms with van der Waals surface area (Å²) in [7, 11) is 0. The van der Waals surface area contributed by atoms with Crippen LogP contribution in [-0.2, 0) is 17.1 Å². The van der Waals surface area contributed by atoms with Crippen molar-refractivity contribution in [2.45, 2.75) is 12.4 Å². The third-order valence-electron chi connectivity index (χ3n) is 2.23. The van der Waals surface area contributed by atoms with Crippen LogP contribution in [0.3, 0.4) is 0 Å². The average Bonchev–Trinajstić information content (AvgIpc) is 2.23. The van der Waals surface area contributed by atoms with Gasteiger partial charge in [-0.2, -0.15) is 26.3 Å². The molecule has 1 aromatic rings. The molecule has 0 heterocycles. The van der Waals surface area contributed by atoms with E-state index in [1.54, 1.807) is 0 Å². The molecule has 1 rings (SSSR count). The van der Waals surface area contributed by atoms with Gasteiger partial charge in [0.1, 0.15) is 0 Å². The maximum atomic E-state index is 12.7. The van der Waals surface area contributed by atoms with Crippen LogP contribution in [0.5, 0.6) is 0 Å². The van der Waals surface area contributed by atoms with E-state index >= 15 is 0 Å². The Kier molecular flexibility index (Phi) is 4.02. The summed E-state index contributed by atoms with van der Waals surface area (Å²) in [5, 5.41) is 10.2. The van der Waals surface area contributed by atoms with E-state index in [1.807, 2.05) is 0 Å². The molecule has 0 unspecified atom stereocenters. The first-order chi connectivity index (χ1) is 8.93. The predicted octanol–water partition coefficient (Wildman–Crippen LogP) is 2.07. The van der Waals surface area contributed by atoms with E-state index in [4.69, 9.17) is 5.73 Å². The number of nitrogens with two attached hydrogens (primary N) is 1. The number of carbonyl (C=O) groups is 1. The normalized spacial score (nSPS) is 12.9. The predicted molar refractivity (Wildman–Crippen MR) is 54.9 cm³/mol. The number of anilines is 1. The van der Waals surface area contributed by atoms with Gasteiger partial charge in [0.05, 0.1) is 17.1 Å². The van der Waals surface area contributed by atoms with E-state index in [9.17, 15) is 36.2 Å². The van der Waals surface area contributed by atoms with Crippen LogP contribution in [0.4, 0.5) is 32.0 Å². The van der Waals surface area contributed by atoms with Crippen molar-refractivity contribution in [1.82, 2.24) is 0 Å². The Labute approximate surface area is 108 Å². The largest absolute Gasteiger partial charge is 0.545 e. The molecule has 0 aliphatic carbocycles. The third-order valence-corrected chi connectivity index (χ3v) is 2.23. The molecule has 20 heavy (non-hydrogen) atoms. The first-order valence-corrected chi connectivity index (χ1v) is 4.90. The van der Waals surface area contributed by atoms with Crippen molar-refractivity contribution in [3.8, 4) is 0 Å². The lowest BCUT2D eigenvalue weighted by Gasteiger charge is -2.16. The SMILES string of the molecule is Nc1cc(C(F)(F)F)cc(C(F)(F)F)c1/C=C/C(=O)[O-]. The van der Waals surface area contributed by atoms with Gasteiger partial charge in [0.2, 0.25) is 0 Å². The highest BCUT2D eigenvalue weighted by atomic mass is 19.4. The van der Waals surface area contributed by atoms with Gasteiger partial charge in [0.25, 0.3) is 0 Å². The van der Waals surface area contributed by atoms with Gasteiger partial charge in [-0.1, -0.05) is 6.08 Å². The van der Waals surface area contributed by atoms with Crippen molar-refractivity contribution in [2.75, 3.05) is 5.73 Å². The topological polar surface area (TPSA) is 66.2 Å². The van der Waals surface area contributed by atoms with E-state index in [2.05, 4.69) is 0 Å². The van der Waals surface area contributed by atoms with Crippen molar-refractivity contribution >= 4 is 17.7 Å². The lowest BCUT2D eigenvalue weighted by Crippen LogP contribution is -2.19. The van der Waals surface area contributed by atoms with Crippen LogP contribution < -0.4 is 10.8 Å². The number of benzene rings is 1. The number of hydrogen-bond acceptors (Lipinski definition) is 3. The fourth-order valence-corrected chi connectivity index (χ4v) is 1.41. The van der Waals surface area contributed by atoms with E-state index in [-0.39, 0.29) is 12.1 Å². The number of rotatable bonds is 2. The maximum Gasteiger partial charge on any atom is 0.417 e. The van der Waals surface area contributed by atoms with Crippen molar-refractivity contribution in [2.24, 2.45) is 0 Å². The lowest BCUT2D eigenvalue weighted by molar-refractivity contribution is -0.297. The molecule has 2 N–H and O–H groups in total. The first kappa shape index (κ1) is 15.9. The number of aliphatic carboxylic acids is 1. The highest BCUT2D eigenvalue weighted by Crippen LogP contribution is 2.40. The zero-order valence-electron chi connectivity index (χ0n) is 9.47. The molecule has 0 atom stereocenters. The summed E-state index contributed by atoms with van der Waals surface area (Å²) in [4.78, 5) is 10.2. The minimum Gasteiger partial charge on any atom is -0.545 e. The molecule has 9 heteroatoms. The summed E-state index contributed by atoms with van der Waals surface area (Å²) in [6, 6.07) is 0.162. The molecule has 0 fully saturated rings. The zero-order valence-corrected chi connectivity index (χ0v) is 9.47. The molecular weight excluding hydrogens is 292 g/mol. The third kappa shape index (κ3) is 3.65. The Hall–Kier alpha value is -2.19. The van der Waals surface area contributed by atoms with Crippen molar-refractivity contribution < 1.29 is 36.2 Å². The molecule has 0 radical (unpaired) electrons. The van der Waals surface area contributed by atoms with Gasteiger partial charge >= 0.3 is 12.4 Å². The number of carboxylic acid groups (broad SMARTS) is 1. The summed E-state index contributed by atoms with van der Waals surface area (Å²) in [5.74, 6) is -1.81. The van der Waals surface area contributed by atoms with Gasteiger partial charge in [-0.25, -0.2) is 0 Å². The lowest BCUT2D eigenvalue weighted by atomic mass is 10.00. The summed E-state index contributed by atoms with van der Waals surface area (Å²) in [5.41, 5.74) is 0.174. The smallest absolute Gasteiger partial charge is 0.417 e. The molecule has 0 saturated heterocycles. The zero-order chi connectivity index (χ0) is 15.7. The molecule has 0 aliphatic rings. The van der Waals surface area contributed by atoms with Crippen molar-refractivity contribution in [3.05, 3.63) is 34.9 Å². The number of halogens is 6. The fourth-order valence-electron chi connectivity index (χ4n) is 1.41. The number of carbonyl (C=O) groups excluding carboxylic acids is 1. The van der Waals surface area contributed by atoms with Crippen molar-refractivity contribution in [1.29, 1.82) is 0 Å². The Bertz CT molecular complexity index is 559. The molecule has 1 aromatic carbocycles. The Morgan fingerprint density at radius 3 is 2.05 bits per heavy atom. The van der Waals surface area contributed by atoms with Gasteiger partial charge in [-0.15, -0.1) is 0 Å². The number of carboxylic acids is 1. The van der Waals surface area contributed by atoms with Gasteiger partial charge in [0.15, 0.2) is 0 Å². The standard InChI is InChI=1S/C11H7F6NO2/c12-10(13,14)5-3-7(11(15,16)17)6(8(18)4-5)1-2-9(19)20/h1-4H,18H2,(H,19,20)/p-1/b2-1+. The molecule has 0 aliphatic heterocycles. The van der Waals surface area contributed by atoms with E-state index in [0.29, 0.717) is 12.1 Å². The number of hydrogen-bond donors (Lipinski definition) is 1. The second-order valence-corrected chi connectivity index (χ2v) is 3.67.